The maximum Gasteiger partial charge on any atom is 0.264 e. The highest BCUT2D eigenvalue weighted by Gasteiger charge is 2.44. The van der Waals surface area contributed by atoms with Crippen LogP contribution in [0.3, 0.4) is 0 Å². The molecule has 5 rings (SSSR count). The summed E-state index contributed by atoms with van der Waals surface area (Å²) in [5.74, 6) is 0.0716. The van der Waals surface area contributed by atoms with Crippen LogP contribution in [0.4, 0.5) is 5.69 Å². The maximum absolute atomic E-state index is 13.0. The van der Waals surface area contributed by atoms with E-state index in [0.29, 0.717) is 31.9 Å². The van der Waals surface area contributed by atoms with Gasteiger partial charge in [0, 0.05) is 29.1 Å². The van der Waals surface area contributed by atoms with Crippen molar-refractivity contribution in [2.75, 3.05) is 30.3 Å². The van der Waals surface area contributed by atoms with E-state index < -0.39 is 22.0 Å². The van der Waals surface area contributed by atoms with Crippen molar-refractivity contribution in [3.05, 3.63) is 83.4 Å². The summed E-state index contributed by atoms with van der Waals surface area (Å²) in [6.07, 6.45) is 8.03. The lowest BCUT2D eigenvalue weighted by atomic mass is 9.68. The number of aryl methyl sites for hydroxylation is 1. The number of nitrogens with zero attached hydrogens (tertiary/aromatic N) is 1. The number of amides is 1. The van der Waals surface area contributed by atoms with E-state index >= 15 is 0 Å². The number of fused-ring (bicyclic) bond motifs is 3. The molecular weight excluding hydrogens is 548 g/mol. The Morgan fingerprint density at radius 1 is 1.23 bits per heavy atom. The number of benzene rings is 2. The first-order valence-corrected chi connectivity index (χ1v) is 15.9. The van der Waals surface area contributed by atoms with Crippen LogP contribution in [0.5, 0.6) is 5.75 Å². The molecule has 0 bridgehead atoms. The highest BCUT2D eigenvalue weighted by Crippen LogP contribution is 2.46. The Labute approximate surface area is 241 Å². The Kier molecular flexibility index (Phi) is 8.32. The van der Waals surface area contributed by atoms with Crippen molar-refractivity contribution in [1.29, 1.82) is 0 Å². The van der Waals surface area contributed by atoms with Gasteiger partial charge in [-0.2, -0.15) is 0 Å². The van der Waals surface area contributed by atoms with Gasteiger partial charge >= 0.3 is 0 Å². The topological polar surface area (TPSA) is 95.9 Å². The highest BCUT2D eigenvalue weighted by atomic mass is 35.5. The minimum absolute atomic E-state index is 0.176. The van der Waals surface area contributed by atoms with Crippen LogP contribution in [0, 0.1) is 11.8 Å². The zero-order chi connectivity index (χ0) is 28.5. The van der Waals surface area contributed by atoms with Gasteiger partial charge in [-0.15, -0.1) is 13.2 Å². The zero-order valence-corrected chi connectivity index (χ0v) is 24.2. The number of rotatable bonds is 9. The number of aliphatic hydroxyl groups excluding tert-OH is 1. The number of aliphatic hydroxyl groups is 1. The van der Waals surface area contributed by atoms with Gasteiger partial charge in [0.2, 0.25) is 10.0 Å². The van der Waals surface area contributed by atoms with Crippen LogP contribution in [0.1, 0.15) is 53.6 Å². The van der Waals surface area contributed by atoms with E-state index in [-0.39, 0.29) is 28.6 Å². The molecule has 1 saturated carbocycles. The number of carbonyl (C=O) groups excluding carboxylic acids is 1. The van der Waals surface area contributed by atoms with Crippen molar-refractivity contribution in [1.82, 2.24) is 4.72 Å². The van der Waals surface area contributed by atoms with E-state index in [1.807, 2.05) is 6.07 Å². The molecular formula is C31H37ClN2O5S. The molecule has 3 aliphatic rings. The van der Waals surface area contributed by atoms with Crippen molar-refractivity contribution in [3.63, 3.8) is 0 Å². The quantitative estimate of drug-likeness (QED) is 0.402. The van der Waals surface area contributed by atoms with E-state index in [1.54, 1.807) is 24.3 Å². The summed E-state index contributed by atoms with van der Waals surface area (Å²) in [6.45, 7) is 9.10. The Balaban J connectivity index is 1.51. The largest absolute Gasteiger partial charge is 0.490 e. The lowest BCUT2D eigenvalue weighted by molar-refractivity contribution is 0.0178. The number of hydrogen-bond donors (Lipinski definition) is 2. The first-order valence-electron chi connectivity index (χ1n) is 13.9. The van der Waals surface area contributed by atoms with Crippen molar-refractivity contribution >= 4 is 33.2 Å². The van der Waals surface area contributed by atoms with E-state index in [0.717, 1.165) is 42.8 Å². The van der Waals surface area contributed by atoms with Gasteiger partial charge in [-0.25, -0.2) is 13.1 Å². The number of sulfonamides is 1. The summed E-state index contributed by atoms with van der Waals surface area (Å²) in [6, 6.07) is 11.2. The number of carbonyl (C=O) groups is 1. The van der Waals surface area contributed by atoms with Crippen LogP contribution < -0.4 is 14.4 Å². The van der Waals surface area contributed by atoms with Gasteiger partial charge in [-0.05, 0) is 91.8 Å². The average Bonchev–Trinajstić information content (AvgIpc) is 3.03. The fourth-order valence-corrected chi connectivity index (χ4v) is 7.60. The van der Waals surface area contributed by atoms with Crippen LogP contribution in [0.25, 0.3) is 0 Å². The monoisotopic (exact) mass is 584 g/mol. The number of nitrogens with one attached hydrogen (secondary N) is 1. The predicted octanol–water partition coefficient (Wildman–Crippen LogP) is 5.02. The van der Waals surface area contributed by atoms with E-state index in [2.05, 4.69) is 34.9 Å². The Hall–Kier alpha value is -2.81. The zero-order valence-electron chi connectivity index (χ0n) is 22.6. The molecule has 1 unspecified atom stereocenters. The summed E-state index contributed by atoms with van der Waals surface area (Å²) in [5.41, 5.74) is 3.21. The summed E-state index contributed by atoms with van der Waals surface area (Å²) >= 11 is 6.36. The summed E-state index contributed by atoms with van der Waals surface area (Å²) in [4.78, 5) is 15.3. The van der Waals surface area contributed by atoms with E-state index in [9.17, 15) is 18.3 Å². The molecule has 2 N–H and O–H groups in total. The number of hydrogen-bond acceptors (Lipinski definition) is 6. The first kappa shape index (κ1) is 28.7. The summed E-state index contributed by atoms with van der Waals surface area (Å²) < 4.78 is 33.1. The predicted molar refractivity (Wildman–Crippen MR) is 159 cm³/mol. The van der Waals surface area contributed by atoms with Gasteiger partial charge in [-0.1, -0.05) is 29.8 Å². The van der Waals surface area contributed by atoms with Crippen molar-refractivity contribution in [2.45, 2.75) is 50.0 Å². The second kappa shape index (κ2) is 11.6. The third-order valence-electron chi connectivity index (χ3n) is 8.72. The first-order chi connectivity index (χ1) is 19.1. The van der Waals surface area contributed by atoms with Gasteiger partial charge in [0.25, 0.3) is 5.91 Å². The van der Waals surface area contributed by atoms with Crippen LogP contribution in [0.2, 0.25) is 5.02 Å². The molecule has 0 aromatic heterocycles. The smallest absolute Gasteiger partial charge is 0.264 e. The minimum atomic E-state index is -3.83. The maximum atomic E-state index is 13.0. The molecule has 2 aromatic rings. The second-order valence-corrected chi connectivity index (χ2v) is 13.6. The third-order valence-corrected chi connectivity index (χ3v) is 10.1. The number of ether oxygens (including phenoxy) is 1. The molecule has 2 aromatic carbocycles. The third kappa shape index (κ3) is 5.80. The van der Waals surface area contributed by atoms with Gasteiger partial charge < -0.3 is 14.7 Å². The average molecular weight is 585 g/mol. The molecule has 0 saturated heterocycles. The van der Waals surface area contributed by atoms with Gasteiger partial charge in [0.15, 0.2) is 0 Å². The summed E-state index contributed by atoms with van der Waals surface area (Å²) in [5, 5.41) is 11.5. The summed E-state index contributed by atoms with van der Waals surface area (Å²) in [7, 11) is -3.83. The molecule has 40 heavy (non-hydrogen) atoms. The Bertz CT molecular complexity index is 1410. The molecule has 2 aliphatic carbocycles. The Morgan fingerprint density at radius 2 is 2.05 bits per heavy atom. The van der Waals surface area contributed by atoms with Crippen LogP contribution in [-0.4, -0.2) is 51.0 Å². The van der Waals surface area contributed by atoms with Crippen molar-refractivity contribution in [3.8, 4) is 5.75 Å². The second-order valence-electron chi connectivity index (χ2n) is 11.4. The fraction of sp³-hybridized carbons (Fsp3) is 0.452. The van der Waals surface area contributed by atoms with Gasteiger partial charge in [0.1, 0.15) is 5.75 Å². The normalized spacial score (nSPS) is 24.5. The molecule has 0 radical (unpaired) electrons. The molecule has 1 spiro atoms. The Morgan fingerprint density at radius 3 is 2.77 bits per heavy atom. The SMILES string of the molecule is C=CC[C@H](O)[C@@H]1CC[C@H]1CN1CC2(CCCc3cc(Cl)ccc32)COc2ccc(C(=O)NS(=O)(=O)CC=C)cc21. The molecule has 4 atom stereocenters. The molecule has 1 aliphatic heterocycles. The molecule has 214 valence electrons. The van der Waals surface area contributed by atoms with E-state index in [4.69, 9.17) is 16.3 Å². The fourth-order valence-electron chi connectivity index (χ4n) is 6.61. The van der Waals surface area contributed by atoms with Gasteiger partial charge in [0.05, 0.1) is 24.2 Å². The molecule has 1 fully saturated rings. The molecule has 9 heteroatoms. The highest BCUT2D eigenvalue weighted by molar-refractivity contribution is 7.90. The van der Waals surface area contributed by atoms with Crippen LogP contribution in [-0.2, 0) is 21.9 Å². The number of anilines is 1. The molecule has 1 amide bonds. The van der Waals surface area contributed by atoms with Crippen molar-refractivity contribution < 1.29 is 23.1 Å². The van der Waals surface area contributed by atoms with Crippen molar-refractivity contribution in [2.24, 2.45) is 11.8 Å². The van der Waals surface area contributed by atoms with Gasteiger partial charge in [-0.3, -0.25) is 4.79 Å². The standard InChI is InChI=1S/C31H37ClN2O5S/c1-3-6-28(35)25-11-8-23(25)18-34-19-31(14-5-7-21-16-24(32)10-12-26(21)31)20-39-29-13-9-22(17-27(29)34)30(36)33-40(37,38)15-4-2/h3-4,9-10,12-13,16-17,23,25,28,35H,1-2,5-8,11,14-15,18-20H2,(H,33,36)/t23-,25+,28-,31?/m0/s1. The minimum Gasteiger partial charge on any atom is -0.490 e. The lowest BCUT2D eigenvalue weighted by Crippen LogP contribution is -2.49. The van der Waals surface area contributed by atoms with Crippen LogP contribution >= 0.6 is 11.6 Å². The van der Waals surface area contributed by atoms with E-state index in [1.165, 1.54) is 17.2 Å². The molecule has 7 nitrogen and oxygen atoms in total. The lowest BCUT2D eigenvalue weighted by Gasteiger charge is -2.45. The number of halogens is 1. The molecule has 1 heterocycles. The van der Waals surface area contributed by atoms with Crippen LogP contribution in [0.15, 0.2) is 61.7 Å².